The second-order valence-corrected chi connectivity index (χ2v) is 7.61. The molecule has 34 heavy (non-hydrogen) atoms. The summed E-state index contributed by atoms with van der Waals surface area (Å²) in [6.07, 6.45) is 2.01. The van der Waals surface area contributed by atoms with E-state index in [0.717, 1.165) is 25.9 Å². The number of benzene rings is 2. The second kappa shape index (κ2) is 11.7. The van der Waals surface area contributed by atoms with Crippen molar-refractivity contribution in [2.45, 2.75) is 26.2 Å². The molecule has 178 valence electrons. The standard InChI is InChI=1S/C24H26N4O6/c1-2-33-20-9-6-18(7-10-20)27(15-5-12-25)23(29)17-34-24(30)21-16-19(28(31)32)8-11-22(21)26-13-3-4-14-26/h6-11,16H,2-5,13-15,17H2,1H3. The molecule has 0 unspecified atom stereocenters. The summed E-state index contributed by atoms with van der Waals surface area (Å²) in [6.45, 7) is 3.38. The lowest BCUT2D eigenvalue weighted by Gasteiger charge is -2.23. The van der Waals surface area contributed by atoms with Crippen molar-refractivity contribution in [3.05, 3.63) is 58.1 Å². The molecule has 1 amide bonds. The van der Waals surface area contributed by atoms with Crippen LogP contribution in [0.4, 0.5) is 17.1 Å². The third-order valence-electron chi connectivity index (χ3n) is 5.39. The summed E-state index contributed by atoms with van der Waals surface area (Å²) >= 11 is 0. The highest BCUT2D eigenvalue weighted by Gasteiger charge is 2.25. The Hall–Kier alpha value is -4.13. The fourth-order valence-electron chi connectivity index (χ4n) is 3.77. The number of hydrogen-bond donors (Lipinski definition) is 0. The van der Waals surface area contributed by atoms with Crippen LogP contribution in [-0.4, -0.2) is 49.6 Å². The van der Waals surface area contributed by atoms with E-state index >= 15 is 0 Å². The summed E-state index contributed by atoms with van der Waals surface area (Å²) in [4.78, 5) is 39.8. The van der Waals surface area contributed by atoms with Crippen molar-refractivity contribution in [1.82, 2.24) is 0 Å². The average Bonchev–Trinajstić information content (AvgIpc) is 3.38. The van der Waals surface area contributed by atoms with Gasteiger partial charge in [0.2, 0.25) is 0 Å². The first-order chi connectivity index (χ1) is 16.4. The Bertz CT molecular complexity index is 1070. The van der Waals surface area contributed by atoms with Crippen molar-refractivity contribution in [3.8, 4) is 11.8 Å². The van der Waals surface area contributed by atoms with Crippen molar-refractivity contribution >= 4 is 28.9 Å². The topological polar surface area (TPSA) is 126 Å². The maximum Gasteiger partial charge on any atom is 0.341 e. The number of carbonyl (C=O) groups is 2. The van der Waals surface area contributed by atoms with Gasteiger partial charge in [0.25, 0.3) is 11.6 Å². The Kier molecular flexibility index (Phi) is 8.40. The summed E-state index contributed by atoms with van der Waals surface area (Å²) in [7, 11) is 0. The molecular weight excluding hydrogens is 440 g/mol. The fraction of sp³-hybridized carbons (Fsp3) is 0.375. The van der Waals surface area contributed by atoms with E-state index in [1.54, 1.807) is 30.3 Å². The van der Waals surface area contributed by atoms with Crippen LogP contribution in [0.3, 0.4) is 0 Å². The molecule has 1 aliphatic rings. The van der Waals surface area contributed by atoms with Crippen molar-refractivity contribution in [2.75, 3.05) is 42.6 Å². The highest BCUT2D eigenvalue weighted by molar-refractivity contribution is 6.00. The molecule has 2 aromatic rings. The number of carbonyl (C=O) groups excluding carboxylic acids is 2. The van der Waals surface area contributed by atoms with Gasteiger partial charge in [-0.3, -0.25) is 14.9 Å². The van der Waals surface area contributed by atoms with Crippen molar-refractivity contribution in [3.63, 3.8) is 0 Å². The van der Waals surface area contributed by atoms with Gasteiger partial charge in [0.15, 0.2) is 6.61 Å². The minimum atomic E-state index is -0.814. The van der Waals surface area contributed by atoms with Gasteiger partial charge in [-0.05, 0) is 50.1 Å². The monoisotopic (exact) mass is 466 g/mol. The Labute approximate surface area is 197 Å². The summed E-state index contributed by atoms with van der Waals surface area (Å²) in [5.41, 5.74) is 0.904. The second-order valence-electron chi connectivity index (χ2n) is 7.61. The molecule has 1 fully saturated rings. The number of ether oxygens (including phenoxy) is 2. The molecule has 3 rings (SSSR count). The van der Waals surface area contributed by atoms with Gasteiger partial charge in [-0.25, -0.2) is 4.79 Å². The largest absolute Gasteiger partial charge is 0.494 e. The zero-order valence-corrected chi connectivity index (χ0v) is 18.9. The maximum absolute atomic E-state index is 12.9. The van der Waals surface area contributed by atoms with Gasteiger partial charge in [0.1, 0.15) is 5.75 Å². The van der Waals surface area contributed by atoms with E-state index in [-0.39, 0.29) is 24.2 Å². The van der Waals surface area contributed by atoms with E-state index in [1.165, 1.54) is 17.0 Å². The molecule has 1 saturated heterocycles. The lowest BCUT2D eigenvalue weighted by Crippen LogP contribution is -2.35. The first kappa shape index (κ1) is 24.5. The van der Waals surface area contributed by atoms with Gasteiger partial charge >= 0.3 is 5.97 Å². The van der Waals surface area contributed by atoms with Crippen LogP contribution in [0.5, 0.6) is 5.75 Å². The third-order valence-corrected chi connectivity index (χ3v) is 5.39. The molecular formula is C24H26N4O6. The summed E-state index contributed by atoms with van der Waals surface area (Å²) in [5.74, 6) is -0.683. The zero-order chi connectivity index (χ0) is 24.5. The number of anilines is 2. The van der Waals surface area contributed by atoms with Gasteiger partial charge < -0.3 is 19.3 Å². The van der Waals surface area contributed by atoms with Gasteiger partial charge in [-0.1, -0.05) is 0 Å². The van der Waals surface area contributed by atoms with Crippen LogP contribution in [-0.2, 0) is 9.53 Å². The fourth-order valence-corrected chi connectivity index (χ4v) is 3.77. The van der Waals surface area contributed by atoms with Crippen molar-refractivity contribution < 1.29 is 24.0 Å². The average molecular weight is 466 g/mol. The quantitative estimate of drug-likeness (QED) is 0.295. The number of nitriles is 1. The predicted octanol–water partition coefficient (Wildman–Crippen LogP) is 3.70. The van der Waals surface area contributed by atoms with Gasteiger partial charge in [0.05, 0.1) is 35.3 Å². The van der Waals surface area contributed by atoms with Crippen LogP contribution in [0.25, 0.3) is 0 Å². The third kappa shape index (κ3) is 6.01. The molecule has 1 heterocycles. The number of esters is 1. The Morgan fingerprint density at radius 3 is 2.50 bits per heavy atom. The molecule has 0 aliphatic carbocycles. The Morgan fingerprint density at radius 1 is 1.18 bits per heavy atom. The highest BCUT2D eigenvalue weighted by atomic mass is 16.6. The van der Waals surface area contributed by atoms with E-state index in [1.807, 2.05) is 17.9 Å². The number of nitro groups is 1. The summed E-state index contributed by atoms with van der Waals surface area (Å²) < 4.78 is 10.7. The molecule has 1 aliphatic heterocycles. The van der Waals surface area contributed by atoms with Crippen LogP contribution in [0.1, 0.15) is 36.5 Å². The lowest BCUT2D eigenvalue weighted by atomic mass is 10.1. The van der Waals surface area contributed by atoms with E-state index in [4.69, 9.17) is 14.7 Å². The molecule has 0 radical (unpaired) electrons. The molecule has 0 spiro atoms. The van der Waals surface area contributed by atoms with E-state index in [9.17, 15) is 19.7 Å². The minimum Gasteiger partial charge on any atom is -0.494 e. The number of amides is 1. The van der Waals surface area contributed by atoms with Crippen LogP contribution in [0.2, 0.25) is 0 Å². The molecule has 0 N–H and O–H groups in total. The first-order valence-corrected chi connectivity index (χ1v) is 11.0. The lowest BCUT2D eigenvalue weighted by molar-refractivity contribution is -0.384. The van der Waals surface area contributed by atoms with Crippen LogP contribution < -0.4 is 14.5 Å². The zero-order valence-electron chi connectivity index (χ0n) is 18.9. The van der Waals surface area contributed by atoms with Crippen molar-refractivity contribution in [1.29, 1.82) is 5.26 Å². The molecule has 10 nitrogen and oxygen atoms in total. The van der Waals surface area contributed by atoms with E-state index < -0.39 is 23.4 Å². The SMILES string of the molecule is CCOc1ccc(N(CCC#N)C(=O)COC(=O)c2cc([N+](=O)[O-])ccc2N2CCCC2)cc1. The molecule has 0 aromatic heterocycles. The normalized spacial score (nSPS) is 12.6. The van der Waals surface area contributed by atoms with Crippen LogP contribution in [0, 0.1) is 21.4 Å². The maximum atomic E-state index is 12.9. The predicted molar refractivity (Wildman–Crippen MR) is 125 cm³/mol. The van der Waals surface area contributed by atoms with Crippen LogP contribution in [0.15, 0.2) is 42.5 Å². The number of nitro benzene ring substituents is 1. The number of rotatable bonds is 10. The van der Waals surface area contributed by atoms with Gasteiger partial charge in [-0.15, -0.1) is 0 Å². The summed E-state index contributed by atoms with van der Waals surface area (Å²) in [6, 6.07) is 12.9. The molecule has 10 heteroatoms. The molecule has 0 atom stereocenters. The Morgan fingerprint density at radius 2 is 1.88 bits per heavy atom. The molecule has 0 saturated carbocycles. The number of hydrogen-bond acceptors (Lipinski definition) is 8. The minimum absolute atomic E-state index is 0.0496. The van der Waals surface area contributed by atoms with Crippen LogP contribution >= 0.6 is 0 Å². The van der Waals surface area contributed by atoms with E-state index in [0.29, 0.717) is 23.7 Å². The molecule has 0 bridgehead atoms. The number of nitrogens with zero attached hydrogens (tertiary/aromatic N) is 4. The smallest absolute Gasteiger partial charge is 0.341 e. The van der Waals surface area contributed by atoms with Gasteiger partial charge in [0, 0.05) is 37.5 Å². The van der Waals surface area contributed by atoms with Crippen molar-refractivity contribution in [2.24, 2.45) is 0 Å². The Balaban J connectivity index is 1.76. The van der Waals surface area contributed by atoms with Gasteiger partial charge in [-0.2, -0.15) is 5.26 Å². The van der Waals surface area contributed by atoms with E-state index in [2.05, 4.69) is 0 Å². The summed E-state index contributed by atoms with van der Waals surface area (Å²) in [5, 5.41) is 20.2. The number of non-ortho nitro benzene ring substituents is 1. The first-order valence-electron chi connectivity index (χ1n) is 11.0. The molecule has 2 aromatic carbocycles. The highest BCUT2D eigenvalue weighted by Crippen LogP contribution is 2.29.